The van der Waals surface area contributed by atoms with E-state index in [4.69, 9.17) is 9.84 Å². The van der Waals surface area contributed by atoms with Crippen LogP contribution in [-0.4, -0.2) is 48.6 Å². The SMILES string of the molecule is CC(C)O.Cc1c(OCC(F)(F)F)ccnc1CS(=O)c1nc2ccccc2[nH]1.O. The summed E-state index contributed by atoms with van der Waals surface area (Å²) in [7, 11) is -1.51. The predicted octanol–water partition coefficient (Wildman–Crippen LogP) is 3.08. The van der Waals surface area contributed by atoms with E-state index >= 15 is 0 Å². The van der Waals surface area contributed by atoms with Crippen molar-refractivity contribution in [3.05, 3.63) is 47.8 Å². The van der Waals surface area contributed by atoms with Gasteiger partial charge in [-0.25, -0.2) is 4.98 Å². The summed E-state index contributed by atoms with van der Waals surface area (Å²) < 4.78 is 54.2. The molecule has 11 heteroatoms. The number of para-hydroxylation sites is 2. The van der Waals surface area contributed by atoms with Gasteiger partial charge in [0.15, 0.2) is 11.8 Å². The Hall–Kier alpha value is -2.50. The second-order valence-electron chi connectivity index (χ2n) is 6.43. The highest BCUT2D eigenvalue weighted by Crippen LogP contribution is 2.24. The fourth-order valence-electron chi connectivity index (χ4n) is 2.25. The van der Waals surface area contributed by atoms with Crippen molar-refractivity contribution >= 4 is 21.8 Å². The summed E-state index contributed by atoms with van der Waals surface area (Å²) in [5.74, 6) is 0.0958. The van der Waals surface area contributed by atoms with E-state index in [1.165, 1.54) is 12.3 Å². The summed E-state index contributed by atoms with van der Waals surface area (Å²) in [6.45, 7) is 3.65. The predicted molar refractivity (Wildman–Crippen MR) is 108 cm³/mol. The summed E-state index contributed by atoms with van der Waals surface area (Å²) in [6.07, 6.45) is -3.25. The van der Waals surface area contributed by atoms with Crippen LogP contribution in [0.4, 0.5) is 13.2 Å². The summed E-state index contributed by atoms with van der Waals surface area (Å²) >= 11 is 0. The van der Waals surface area contributed by atoms with Crippen molar-refractivity contribution in [3.63, 3.8) is 0 Å². The molecule has 0 bridgehead atoms. The number of halogens is 3. The van der Waals surface area contributed by atoms with Crippen molar-refractivity contribution in [1.29, 1.82) is 0 Å². The van der Waals surface area contributed by atoms with Gasteiger partial charge in [0.1, 0.15) is 5.75 Å². The van der Waals surface area contributed by atoms with Gasteiger partial charge in [-0.1, -0.05) is 12.1 Å². The first kappa shape index (κ1) is 25.5. The number of nitrogens with one attached hydrogen (secondary N) is 1. The molecule has 3 aromatic rings. The van der Waals surface area contributed by atoms with Crippen LogP contribution >= 0.6 is 0 Å². The van der Waals surface area contributed by atoms with Gasteiger partial charge in [-0.3, -0.25) is 9.19 Å². The smallest absolute Gasteiger partial charge is 0.422 e. The number of fused-ring (bicyclic) bond motifs is 1. The fraction of sp³-hybridized carbons (Fsp3) is 0.368. The number of aliphatic hydroxyl groups is 1. The van der Waals surface area contributed by atoms with Gasteiger partial charge in [0.25, 0.3) is 0 Å². The molecule has 0 aliphatic carbocycles. The van der Waals surface area contributed by atoms with Gasteiger partial charge in [0.05, 0.1) is 33.3 Å². The minimum atomic E-state index is -4.42. The zero-order valence-corrected chi connectivity index (χ0v) is 17.5. The molecular formula is C19H24F3N3O4S. The van der Waals surface area contributed by atoms with E-state index in [0.717, 1.165) is 5.52 Å². The van der Waals surface area contributed by atoms with Gasteiger partial charge in [-0.2, -0.15) is 13.2 Å². The van der Waals surface area contributed by atoms with Gasteiger partial charge in [0, 0.05) is 17.9 Å². The number of alkyl halides is 3. The number of H-pyrrole nitrogens is 1. The molecule has 2 aromatic heterocycles. The Morgan fingerprint density at radius 1 is 1.23 bits per heavy atom. The third-order valence-corrected chi connectivity index (χ3v) is 4.66. The highest BCUT2D eigenvalue weighted by molar-refractivity contribution is 7.84. The lowest BCUT2D eigenvalue weighted by atomic mass is 10.2. The van der Waals surface area contributed by atoms with Crippen molar-refractivity contribution in [2.45, 2.75) is 44.0 Å². The van der Waals surface area contributed by atoms with Crippen LogP contribution in [0.3, 0.4) is 0 Å². The molecule has 0 amide bonds. The first-order valence-electron chi connectivity index (χ1n) is 8.72. The quantitative estimate of drug-likeness (QED) is 0.623. The summed E-state index contributed by atoms with van der Waals surface area (Å²) in [5, 5.41) is 8.35. The molecule has 1 atom stereocenters. The van der Waals surface area contributed by atoms with Crippen molar-refractivity contribution in [2.24, 2.45) is 0 Å². The molecule has 166 valence electrons. The number of benzene rings is 1. The number of aromatic nitrogens is 3. The minimum Gasteiger partial charge on any atom is -0.484 e. The van der Waals surface area contributed by atoms with Crippen LogP contribution in [-0.2, 0) is 16.6 Å². The molecule has 0 saturated carbocycles. The highest BCUT2D eigenvalue weighted by atomic mass is 32.2. The average Bonchev–Trinajstić information content (AvgIpc) is 3.05. The Morgan fingerprint density at radius 2 is 1.87 bits per heavy atom. The van der Waals surface area contributed by atoms with Crippen LogP contribution < -0.4 is 4.74 Å². The van der Waals surface area contributed by atoms with E-state index in [1.807, 2.05) is 18.2 Å². The molecule has 0 radical (unpaired) electrons. The van der Waals surface area contributed by atoms with Crippen LogP contribution in [0.25, 0.3) is 11.0 Å². The normalized spacial score (nSPS) is 12.1. The molecule has 3 rings (SSSR count). The molecule has 4 N–H and O–H groups in total. The summed E-state index contributed by atoms with van der Waals surface area (Å²) in [4.78, 5) is 11.3. The molecule has 0 aliphatic heterocycles. The maximum absolute atomic E-state index is 12.5. The molecule has 0 saturated heterocycles. The first-order valence-corrected chi connectivity index (χ1v) is 10.0. The van der Waals surface area contributed by atoms with E-state index in [0.29, 0.717) is 21.9 Å². The lowest BCUT2D eigenvalue weighted by molar-refractivity contribution is -0.153. The number of nitrogens with zero attached hydrogens (tertiary/aromatic N) is 2. The molecule has 1 unspecified atom stereocenters. The largest absolute Gasteiger partial charge is 0.484 e. The van der Waals surface area contributed by atoms with Crippen molar-refractivity contribution < 1.29 is 32.7 Å². The van der Waals surface area contributed by atoms with Gasteiger partial charge in [0.2, 0.25) is 0 Å². The first-order chi connectivity index (χ1) is 13.6. The molecule has 7 nitrogen and oxygen atoms in total. The Balaban J connectivity index is 0.000000827. The molecule has 2 heterocycles. The van der Waals surface area contributed by atoms with Gasteiger partial charge >= 0.3 is 6.18 Å². The van der Waals surface area contributed by atoms with Gasteiger partial charge in [-0.05, 0) is 39.0 Å². The second kappa shape index (κ2) is 11.0. The van der Waals surface area contributed by atoms with Crippen LogP contribution in [0, 0.1) is 6.92 Å². The van der Waals surface area contributed by atoms with Crippen LogP contribution in [0.1, 0.15) is 25.1 Å². The lowest BCUT2D eigenvalue weighted by Gasteiger charge is -2.13. The fourth-order valence-corrected chi connectivity index (χ4v) is 3.35. The molecule has 0 fully saturated rings. The number of rotatable bonds is 5. The van der Waals surface area contributed by atoms with E-state index < -0.39 is 23.6 Å². The molecule has 30 heavy (non-hydrogen) atoms. The Morgan fingerprint density at radius 3 is 2.47 bits per heavy atom. The molecule has 0 aliphatic rings. The number of pyridine rings is 1. The van der Waals surface area contributed by atoms with E-state index in [9.17, 15) is 17.4 Å². The topological polar surface area (TPSA) is 120 Å². The van der Waals surface area contributed by atoms with Gasteiger partial charge in [-0.15, -0.1) is 0 Å². The number of aromatic amines is 1. The average molecular weight is 447 g/mol. The molecule has 1 aromatic carbocycles. The monoisotopic (exact) mass is 447 g/mol. The van der Waals surface area contributed by atoms with Crippen molar-refractivity contribution in [2.75, 3.05) is 6.61 Å². The van der Waals surface area contributed by atoms with E-state index in [2.05, 4.69) is 15.0 Å². The Kier molecular flexibility index (Phi) is 9.40. The second-order valence-corrected chi connectivity index (χ2v) is 7.79. The Labute approximate surface area is 174 Å². The van der Waals surface area contributed by atoms with E-state index in [-0.39, 0.29) is 23.1 Å². The third kappa shape index (κ3) is 7.73. The minimum absolute atomic E-state index is 0. The summed E-state index contributed by atoms with van der Waals surface area (Å²) in [5.41, 5.74) is 2.28. The number of hydrogen-bond donors (Lipinski definition) is 2. The van der Waals surface area contributed by atoms with Crippen LogP contribution in [0.2, 0.25) is 0 Å². The third-order valence-electron chi connectivity index (χ3n) is 3.50. The maximum Gasteiger partial charge on any atom is 0.422 e. The zero-order chi connectivity index (χ0) is 21.6. The molecular weight excluding hydrogens is 423 g/mol. The standard InChI is InChI=1S/C16H14F3N3O2S.C3H8O.H2O/c1-10-13(20-7-6-14(10)24-9-16(17,18)19)8-25(23)15-21-11-4-2-3-5-12(11)22-15;1-3(2)4;/h2-7H,8-9H2,1H3,(H,21,22);3-4H,1-2H3;1H2. The molecule has 0 spiro atoms. The highest BCUT2D eigenvalue weighted by Gasteiger charge is 2.29. The van der Waals surface area contributed by atoms with Crippen molar-refractivity contribution in [1.82, 2.24) is 15.0 Å². The maximum atomic E-state index is 12.5. The van der Waals surface area contributed by atoms with Crippen LogP contribution in [0.15, 0.2) is 41.7 Å². The number of hydrogen-bond acceptors (Lipinski definition) is 5. The van der Waals surface area contributed by atoms with Crippen molar-refractivity contribution in [3.8, 4) is 5.75 Å². The zero-order valence-electron chi connectivity index (χ0n) is 16.7. The lowest BCUT2D eigenvalue weighted by Crippen LogP contribution is -2.19. The number of ether oxygens (including phenoxy) is 1. The number of aliphatic hydroxyl groups excluding tert-OH is 1. The Bertz CT molecular complexity index is 941. The van der Waals surface area contributed by atoms with Crippen LogP contribution in [0.5, 0.6) is 5.75 Å². The van der Waals surface area contributed by atoms with E-state index in [1.54, 1.807) is 26.8 Å². The van der Waals surface area contributed by atoms with Gasteiger partial charge < -0.3 is 20.3 Å². The summed E-state index contributed by atoms with van der Waals surface area (Å²) in [6, 6.07) is 8.62. The number of imidazole rings is 1.